The molecule has 10 atom stereocenters. The minimum atomic E-state index is -1.92. The molecule has 0 rings (SSSR count). The van der Waals surface area contributed by atoms with E-state index < -0.39 is 151 Å². The lowest BCUT2D eigenvalue weighted by Gasteiger charge is -2.28. The van der Waals surface area contributed by atoms with Crippen molar-refractivity contribution in [1.82, 2.24) is 37.2 Å². The summed E-state index contributed by atoms with van der Waals surface area (Å²) in [5.41, 5.74) is 21.5. The van der Waals surface area contributed by atoms with Crippen molar-refractivity contribution in [2.45, 2.75) is 140 Å². The van der Waals surface area contributed by atoms with Crippen LogP contribution in [-0.2, 0) is 52.7 Å². The molecule has 0 aromatic carbocycles. The molecule has 0 bridgehead atoms. The summed E-state index contributed by atoms with van der Waals surface area (Å²) in [7, 11) is 0. The van der Waals surface area contributed by atoms with Gasteiger partial charge in [-0.15, -0.1) is 0 Å². The van der Waals surface area contributed by atoms with Crippen molar-refractivity contribution in [2.24, 2.45) is 28.9 Å². The van der Waals surface area contributed by atoms with Crippen molar-refractivity contribution >= 4 is 77.7 Å². The third-order valence-electron chi connectivity index (χ3n) is 8.93. The van der Waals surface area contributed by atoms with Gasteiger partial charge in [0.05, 0.1) is 31.1 Å². The topological polar surface area (TPSA) is 457 Å². The fraction of sp³-hybridized carbons (Fsp3) is 0.694. The molecule has 0 saturated carbocycles. The highest BCUT2D eigenvalue weighted by Crippen LogP contribution is 2.10. The molecular weight excluding hydrogens is 859 g/mol. The highest BCUT2D eigenvalue weighted by atomic mass is 32.1. The van der Waals surface area contributed by atoms with Gasteiger partial charge in [0.25, 0.3) is 0 Å². The van der Waals surface area contributed by atoms with Crippen LogP contribution in [0.3, 0.4) is 0 Å². The van der Waals surface area contributed by atoms with E-state index in [4.69, 9.17) is 22.9 Å². The number of amides is 9. The number of nitrogens with one attached hydrogen (secondary N) is 7. The molecule has 0 saturated heterocycles. The molecule has 0 fully saturated rings. The van der Waals surface area contributed by atoms with Crippen LogP contribution in [0.4, 0.5) is 0 Å². The van der Waals surface area contributed by atoms with E-state index in [-0.39, 0.29) is 38.1 Å². The Labute approximate surface area is 368 Å². The van der Waals surface area contributed by atoms with Crippen molar-refractivity contribution in [2.75, 3.05) is 12.3 Å². The van der Waals surface area contributed by atoms with Crippen LogP contribution in [0.5, 0.6) is 0 Å². The number of aliphatic hydroxyl groups excluding tert-OH is 2. The van der Waals surface area contributed by atoms with Gasteiger partial charge in [-0.25, -0.2) is 4.79 Å². The number of primary amides is 2. The van der Waals surface area contributed by atoms with E-state index >= 15 is 0 Å². The van der Waals surface area contributed by atoms with Crippen LogP contribution in [0.2, 0.25) is 0 Å². The Hall–Kier alpha value is -5.64. The SMILES string of the molecule is CC(C)C[C@H](NC(=O)[C@@H](NC(=O)[C@H](CS)NC(=O)[C@H](CC(=O)O)NC(=O)[C@H](CCCCN)NC(=O)[C@H](CCC(N)=O)NC(=O)[C@@H](N)CC(N)=O)[C@@H](C)O)C(=O)N[C@H](C(=O)O)[C@@H](C)O. The first kappa shape index (κ1) is 57.4. The second-order valence-corrected chi connectivity index (χ2v) is 15.4. The van der Waals surface area contributed by atoms with Gasteiger partial charge in [-0.1, -0.05) is 13.8 Å². The summed E-state index contributed by atoms with van der Waals surface area (Å²) in [6.07, 6.45) is -5.26. The van der Waals surface area contributed by atoms with Gasteiger partial charge in [-0.2, -0.15) is 12.6 Å². The Morgan fingerprint density at radius 1 is 0.540 bits per heavy atom. The highest BCUT2D eigenvalue weighted by molar-refractivity contribution is 7.80. The molecule has 26 nitrogen and oxygen atoms in total. The van der Waals surface area contributed by atoms with Crippen LogP contribution >= 0.6 is 12.6 Å². The average molecular weight is 922 g/mol. The van der Waals surface area contributed by atoms with Gasteiger partial charge >= 0.3 is 11.9 Å². The van der Waals surface area contributed by atoms with Gasteiger partial charge in [0.15, 0.2) is 6.04 Å². The quantitative estimate of drug-likeness (QED) is 0.0227. The lowest BCUT2D eigenvalue weighted by Crippen LogP contribution is -2.62. The van der Waals surface area contributed by atoms with E-state index in [1.807, 2.05) is 0 Å². The van der Waals surface area contributed by atoms with Crippen LogP contribution < -0.4 is 60.2 Å². The van der Waals surface area contributed by atoms with Crippen molar-refractivity contribution in [3.8, 4) is 0 Å². The summed E-state index contributed by atoms with van der Waals surface area (Å²) >= 11 is 4.06. The molecule has 358 valence electrons. The first-order chi connectivity index (χ1) is 29.2. The van der Waals surface area contributed by atoms with Crippen molar-refractivity contribution in [3.63, 3.8) is 0 Å². The molecule has 0 aromatic rings. The van der Waals surface area contributed by atoms with Crippen LogP contribution in [0.1, 0.15) is 79.1 Å². The molecule has 27 heteroatoms. The van der Waals surface area contributed by atoms with Gasteiger partial charge in [0.2, 0.25) is 53.2 Å². The molecule has 0 radical (unpaired) electrons. The standard InChI is InChI=1S/C36H63N11O15S/c1-15(2)11-21(33(58)47-28(17(4)49)36(61)62)44-35(60)27(16(3)48)46-34(59)23(14-63)45-32(57)22(13-26(52)53)43-30(55)19(7-5-6-10-37)42-31(56)20(8-9-24(39)50)41-29(54)18(38)12-25(40)51/h15-23,27-28,48-49,63H,5-14,37-38H2,1-4H3,(H2,39,50)(H2,40,51)(H,41,54)(H,42,56)(H,43,55)(H,44,60)(H,45,57)(H,46,59)(H,47,58)(H,52,53)(H,61,62)/t16-,17-,18+,19+,20+,21+,22+,23+,27+,28+/m1/s1. The first-order valence-corrected chi connectivity index (χ1v) is 20.5. The molecule has 0 unspecified atom stereocenters. The number of carboxylic acids is 2. The van der Waals surface area contributed by atoms with E-state index in [0.717, 1.165) is 13.8 Å². The number of aliphatic hydroxyl groups is 2. The predicted molar refractivity (Wildman–Crippen MR) is 223 cm³/mol. The molecular formula is C36H63N11O15S. The minimum absolute atomic E-state index is 0.0483. The first-order valence-electron chi connectivity index (χ1n) is 19.8. The Kier molecular flexibility index (Phi) is 26.3. The number of hydrogen-bond acceptors (Lipinski definition) is 16. The second kappa shape index (κ2) is 28.9. The van der Waals surface area contributed by atoms with E-state index in [1.165, 1.54) is 0 Å². The molecule has 0 aliphatic heterocycles. The molecule has 0 aliphatic rings. The zero-order chi connectivity index (χ0) is 48.7. The lowest BCUT2D eigenvalue weighted by atomic mass is 10.0. The molecule has 9 amide bonds. The van der Waals surface area contributed by atoms with Gasteiger partial charge in [-0.05, 0) is 58.4 Å². The second-order valence-electron chi connectivity index (χ2n) is 15.1. The smallest absolute Gasteiger partial charge is 0.328 e. The number of carbonyl (C=O) groups is 11. The third-order valence-corrected chi connectivity index (χ3v) is 9.29. The summed E-state index contributed by atoms with van der Waals surface area (Å²) in [5.74, 6) is -13.3. The highest BCUT2D eigenvalue weighted by Gasteiger charge is 2.36. The predicted octanol–water partition coefficient (Wildman–Crippen LogP) is -6.73. The monoisotopic (exact) mass is 921 g/mol. The normalized spacial score (nSPS) is 15.8. The van der Waals surface area contributed by atoms with Gasteiger partial charge in [0, 0.05) is 12.2 Å². The fourth-order valence-electron chi connectivity index (χ4n) is 5.57. The largest absolute Gasteiger partial charge is 0.481 e. The number of carboxylic acid groups (broad SMARTS) is 2. The van der Waals surface area contributed by atoms with Crippen LogP contribution in [0, 0.1) is 5.92 Å². The fourth-order valence-corrected chi connectivity index (χ4v) is 5.82. The minimum Gasteiger partial charge on any atom is -0.481 e. The van der Waals surface area contributed by atoms with Crippen molar-refractivity contribution in [3.05, 3.63) is 0 Å². The number of hydrogen-bond donors (Lipinski definition) is 16. The lowest BCUT2D eigenvalue weighted by molar-refractivity contribution is -0.145. The average Bonchev–Trinajstić information content (AvgIpc) is 3.16. The number of thiol groups is 1. The Morgan fingerprint density at radius 3 is 1.44 bits per heavy atom. The van der Waals surface area contributed by atoms with Gasteiger partial charge < -0.3 is 80.6 Å². The third kappa shape index (κ3) is 22.3. The van der Waals surface area contributed by atoms with Gasteiger partial charge in [0.1, 0.15) is 36.3 Å². The summed E-state index contributed by atoms with van der Waals surface area (Å²) < 4.78 is 0. The van der Waals surface area contributed by atoms with E-state index in [2.05, 4.69) is 49.8 Å². The van der Waals surface area contributed by atoms with Crippen LogP contribution in [-0.4, -0.2) is 158 Å². The molecule has 0 aliphatic carbocycles. The molecule has 19 N–H and O–H groups in total. The molecule has 0 heterocycles. The zero-order valence-corrected chi connectivity index (χ0v) is 36.4. The Morgan fingerprint density at radius 2 is 0.984 bits per heavy atom. The van der Waals surface area contributed by atoms with Crippen molar-refractivity contribution < 1.29 is 73.2 Å². The number of nitrogens with two attached hydrogens (primary N) is 4. The molecule has 63 heavy (non-hydrogen) atoms. The maximum atomic E-state index is 13.6. The Bertz CT molecular complexity index is 1630. The number of rotatable bonds is 31. The van der Waals surface area contributed by atoms with Crippen LogP contribution in [0.25, 0.3) is 0 Å². The summed E-state index contributed by atoms with van der Waals surface area (Å²) in [4.78, 5) is 139. The summed E-state index contributed by atoms with van der Waals surface area (Å²) in [5, 5.41) is 54.9. The summed E-state index contributed by atoms with van der Waals surface area (Å²) in [6.45, 7) is 5.76. The van der Waals surface area contributed by atoms with Gasteiger partial charge in [-0.3, -0.25) is 47.9 Å². The zero-order valence-electron chi connectivity index (χ0n) is 35.5. The van der Waals surface area contributed by atoms with Crippen LogP contribution in [0.15, 0.2) is 0 Å². The number of aliphatic carboxylic acids is 2. The maximum Gasteiger partial charge on any atom is 0.328 e. The Balaban J connectivity index is 6.33. The number of unbranched alkanes of at least 4 members (excludes halogenated alkanes) is 1. The molecule has 0 aromatic heterocycles. The van der Waals surface area contributed by atoms with E-state index in [1.54, 1.807) is 13.8 Å². The van der Waals surface area contributed by atoms with Crippen molar-refractivity contribution in [1.29, 1.82) is 0 Å². The molecule has 0 spiro atoms. The van der Waals surface area contributed by atoms with E-state index in [9.17, 15) is 73.2 Å². The van der Waals surface area contributed by atoms with E-state index in [0.29, 0.717) is 6.42 Å². The summed E-state index contributed by atoms with van der Waals surface area (Å²) in [6, 6.07) is -13.1. The maximum absolute atomic E-state index is 13.6. The number of carbonyl (C=O) groups excluding carboxylic acids is 9.